The number of aryl methyl sites for hydroxylation is 1. The average molecular weight is 578 g/mol. The Morgan fingerprint density at radius 1 is 0.878 bits per heavy atom. The summed E-state index contributed by atoms with van der Waals surface area (Å²) in [4.78, 5) is 29.6. The van der Waals surface area contributed by atoms with Crippen molar-refractivity contribution in [1.82, 2.24) is 10.2 Å². The standard InChI is InChI=1S/C33H43N3O4S/c1-24(2)28-18-11-12-19-29(28)36(41(7,39)40)23-31(37)35(22-27-17-13-14-25(3)20-27)30(32(38)34-33(4,5)6)21-26-15-9-8-10-16-26/h8-20,24,30H,21-23H2,1-7H3,(H,34,38). The lowest BCUT2D eigenvalue weighted by molar-refractivity contribution is -0.140. The number of carbonyl (C=O) groups is 2. The zero-order valence-corrected chi connectivity index (χ0v) is 26.0. The van der Waals surface area contributed by atoms with Gasteiger partial charge in [0.2, 0.25) is 21.8 Å². The highest BCUT2D eigenvalue weighted by Crippen LogP contribution is 2.29. The molecule has 0 bridgehead atoms. The van der Waals surface area contributed by atoms with E-state index in [1.54, 1.807) is 12.1 Å². The van der Waals surface area contributed by atoms with E-state index in [1.165, 1.54) is 4.90 Å². The van der Waals surface area contributed by atoms with Crippen LogP contribution in [0, 0.1) is 6.92 Å². The predicted molar refractivity (Wildman–Crippen MR) is 166 cm³/mol. The first kappa shape index (κ1) is 31.9. The number of hydrogen-bond donors (Lipinski definition) is 1. The van der Waals surface area contributed by atoms with E-state index in [-0.39, 0.29) is 24.8 Å². The van der Waals surface area contributed by atoms with Gasteiger partial charge in [-0.25, -0.2) is 8.42 Å². The predicted octanol–water partition coefficient (Wildman–Crippen LogP) is 5.44. The van der Waals surface area contributed by atoms with E-state index in [2.05, 4.69) is 5.32 Å². The van der Waals surface area contributed by atoms with E-state index in [0.29, 0.717) is 5.69 Å². The van der Waals surface area contributed by atoms with Crippen LogP contribution in [0.25, 0.3) is 0 Å². The van der Waals surface area contributed by atoms with Gasteiger partial charge in [-0.05, 0) is 56.4 Å². The van der Waals surface area contributed by atoms with E-state index in [4.69, 9.17) is 0 Å². The third-order valence-corrected chi connectivity index (χ3v) is 7.84. The second-order valence-electron chi connectivity index (χ2n) is 11.9. The maximum absolute atomic E-state index is 14.3. The summed E-state index contributed by atoms with van der Waals surface area (Å²) in [7, 11) is -3.83. The van der Waals surface area contributed by atoms with E-state index in [0.717, 1.165) is 32.8 Å². The minimum Gasteiger partial charge on any atom is -0.350 e. The highest BCUT2D eigenvalue weighted by Gasteiger charge is 2.34. The van der Waals surface area contributed by atoms with Crippen LogP contribution < -0.4 is 9.62 Å². The topological polar surface area (TPSA) is 86.8 Å². The number of amides is 2. The fraction of sp³-hybridized carbons (Fsp3) is 0.394. The van der Waals surface area contributed by atoms with Gasteiger partial charge in [-0.1, -0.05) is 92.2 Å². The van der Waals surface area contributed by atoms with Gasteiger partial charge in [0.05, 0.1) is 11.9 Å². The summed E-state index contributed by atoms with van der Waals surface area (Å²) >= 11 is 0. The first-order valence-electron chi connectivity index (χ1n) is 13.9. The molecule has 1 unspecified atom stereocenters. The zero-order valence-electron chi connectivity index (χ0n) is 25.2. The highest BCUT2D eigenvalue weighted by molar-refractivity contribution is 7.92. The molecule has 3 aromatic rings. The van der Waals surface area contributed by atoms with Gasteiger partial charge in [0.1, 0.15) is 12.6 Å². The molecule has 2 amide bonds. The van der Waals surface area contributed by atoms with Crippen LogP contribution in [-0.4, -0.2) is 49.5 Å². The number of nitrogens with zero attached hydrogens (tertiary/aromatic N) is 2. The smallest absolute Gasteiger partial charge is 0.244 e. The Morgan fingerprint density at radius 2 is 1.49 bits per heavy atom. The molecule has 220 valence electrons. The third kappa shape index (κ3) is 9.18. The summed E-state index contributed by atoms with van der Waals surface area (Å²) in [6.45, 7) is 11.3. The van der Waals surface area contributed by atoms with Crippen molar-refractivity contribution in [2.75, 3.05) is 17.1 Å². The SMILES string of the molecule is Cc1cccc(CN(C(=O)CN(c2ccccc2C(C)C)S(C)(=O)=O)C(Cc2ccccc2)C(=O)NC(C)(C)C)c1. The maximum atomic E-state index is 14.3. The van der Waals surface area contributed by atoms with Gasteiger partial charge in [0.25, 0.3) is 0 Å². The summed E-state index contributed by atoms with van der Waals surface area (Å²) in [6, 6.07) is 23.7. The Bertz CT molecular complexity index is 1450. The minimum atomic E-state index is -3.83. The fourth-order valence-corrected chi connectivity index (χ4v) is 5.68. The highest BCUT2D eigenvalue weighted by atomic mass is 32.2. The van der Waals surface area contributed by atoms with Crippen LogP contribution in [0.3, 0.4) is 0 Å². The van der Waals surface area contributed by atoms with E-state index in [9.17, 15) is 18.0 Å². The molecule has 1 atom stereocenters. The summed E-state index contributed by atoms with van der Waals surface area (Å²) in [6.07, 6.45) is 1.39. The Labute approximate surface area is 245 Å². The van der Waals surface area contributed by atoms with Crippen LogP contribution in [0.5, 0.6) is 0 Å². The molecular formula is C33H43N3O4S. The van der Waals surface area contributed by atoms with Crippen LogP contribution >= 0.6 is 0 Å². The molecule has 0 aliphatic rings. The van der Waals surface area contributed by atoms with Crippen LogP contribution in [-0.2, 0) is 32.6 Å². The number of hydrogen-bond acceptors (Lipinski definition) is 4. The second kappa shape index (κ2) is 13.3. The van der Waals surface area contributed by atoms with Crippen molar-refractivity contribution >= 4 is 27.5 Å². The van der Waals surface area contributed by atoms with Crippen molar-refractivity contribution in [3.05, 3.63) is 101 Å². The lowest BCUT2D eigenvalue weighted by atomic mass is 10.00. The molecule has 3 aromatic carbocycles. The molecule has 41 heavy (non-hydrogen) atoms. The molecule has 7 nitrogen and oxygen atoms in total. The molecule has 0 radical (unpaired) electrons. The number of anilines is 1. The van der Waals surface area contributed by atoms with Gasteiger partial charge >= 0.3 is 0 Å². The van der Waals surface area contributed by atoms with Gasteiger partial charge in [0, 0.05) is 18.5 Å². The number of benzene rings is 3. The first-order valence-corrected chi connectivity index (χ1v) is 15.8. The minimum absolute atomic E-state index is 0.0392. The third-order valence-electron chi connectivity index (χ3n) is 6.71. The molecule has 0 saturated heterocycles. The van der Waals surface area contributed by atoms with Crippen LogP contribution in [0.4, 0.5) is 5.69 Å². The van der Waals surface area contributed by atoms with E-state index < -0.39 is 34.1 Å². The van der Waals surface area contributed by atoms with Crippen molar-refractivity contribution in [1.29, 1.82) is 0 Å². The van der Waals surface area contributed by atoms with Crippen molar-refractivity contribution in [2.24, 2.45) is 0 Å². The quantitative estimate of drug-likeness (QED) is 0.329. The molecule has 0 fully saturated rings. The van der Waals surface area contributed by atoms with Gasteiger partial charge in [0.15, 0.2) is 0 Å². The normalized spacial score (nSPS) is 12.6. The van der Waals surface area contributed by atoms with E-state index in [1.807, 2.05) is 108 Å². The summed E-state index contributed by atoms with van der Waals surface area (Å²) in [5, 5.41) is 3.05. The van der Waals surface area contributed by atoms with Crippen molar-refractivity contribution in [3.8, 4) is 0 Å². The second-order valence-corrected chi connectivity index (χ2v) is 13.8. The number of carbonyl (C=O) groups excluding carboxylic acids is 2. The number of rotatable bonds is 11. The first-order chi connectivity index (χ1) is 19.2. The van der Waals surface area contributed by atoms with Crippen LogP contribution in [0.15, 0.2) is 78.9 Å². The molecule has 0 aliphatic heterocycles. The zero-order chi connectivity index (χ0) is 30.4. The Balaban J connectivity index is 2.11. The maximum Gasteiger partial charge on any atom is 0.244 e. The van der Waals surface area contributed by atoms with Crippen LogP contribution in [0.1, 0.15) is 62.8 Å². The van der Waals surface area contributed by atoms with Gasteiger partial charge < -0.3 is 10.2 Å². The largest absolute Gasteiger partial charge is 0.350 e. The molecule has 0 aromatic heterocycles. The number of nitrogens with one attached hydrogen (secondary N) is 1. The van der Waals surface area contributed by atoms with Gasteiger partial charge in [-0.2, -0.15) is 0 Å². The lowest BCUT2D eigenvalue weighted by Crippen LogP contribution is -2.56. The van der Waals surface area contributed by atoms with Gasteiger partial charge in [-0.3, -0.25) is 13.9 Å². The number of sulfonamides is 1. The van der Waals surface area contributed by atoms with Gasteiger partial charge in [-0.15, -0.1) is 0 Å². The molecule has 3 rings (SSSR count). The van der Waals surface area contributed by atoms with Crippen LogP contribution in [0.2, 0.25) is 0 Å². The Kier molecular flexibility index (Phi) is 10.4. The molecule has 1 N–H and O–H groups in total. The fourth-order valence-electron chi connectivity index (χ4n) is 4.81. The molecular weight excluding hydrogens is 534 g/mol. The monoisotopic (exact) mass is 577 g/mol. The number of para-hydroxylation sites is 1. The summed E-state index contributed by atoms with van der Waals surface area (Å²) in [5.41, 5.74) is 3.54. The Morgan fingerprint density at radius 3 is 2.07 bits per heavy atom. The summed E-state index contributed by atoms with van der Waals surface area (Å²) < 4.78 is 27.4. The molecule has 0 saturated carbocycles. The molecule has 0 spiro atoms. The molecule has 0 aliphatic carbocycles. The average Bonchev–Trinajstić information content (AvgIpc) is 2.88. The Hall–Kier alpha value is -3.65. The molecule has 8 heteroatoms. The van der Waals surface area contributed by atoms with Crippen molar-refractivity contribution in [2.45, 2.75) is 72.0 Å². The molecule has 0 heterocycles. The lowest BCUT2D eigenvalue weighted by Gasteiger charge is -2.35. The van der Waals surface area contributed by atoms with Crippen molar-refractivity contribution in [3.63, 3.8) is 0 Å². The van der Waals surface area contributed by atoms with Crippen molar-refractivity contribution < 1.29 is 18.0 Å². The summed E-state index contributed by atoms with van der Waals surface area (Å²) in [5.74, 6) is -0.714. The van der Waals surface area contributed by atoms with E-state index >= 15 is 0 Å².